The molecule has 3 N–H and O–H groups in total. The minimum Gasteiger partial charge on any atom is -0.480 e. The number of benzene rings is 2. The molecule has 6 nitrogen and oxygen atoms in total. The van der Waals surface area contributed by atoms with Crippen molar-refractivity contribution in [3.8, 4) is 28.1 Å². The van der Waals surface area contributed by atoms with Gasteiger partial charge in [0.15, 0.2) is 12.3 Å². The van der Waals surface area contributed by atoms with Gasteiger partial charge in [-0.1, -0.05) is 25.1 Å². The minimum absolute atomic E-state index is 0.0170. The summed E-state index contributed by atoms with van der Waals surface area (Å²) in [5.41, 5.74) is 10.8. The van der Waals surface area contributed by atoms with Crippen LogP contribution in [0.2, 0.25) is 0 Å². The average molecular weight is 469 g/mol. The van der Waals surface area contributed by atoms with E-state index in [9.17, 15) is 8.09 Å². The van der Waals surface area contributed by atoms with E-state index < -0.39 is 10.8 Å². The van der Waals surface area contributed by atoms with Crippen molar-refractivity contribution in [2.75, 3.05) is 23.3 Å². The van der Waals surface area contributed by atoms with E-state index >= 15 is 0 Å². The SMILES string of the molecule is CCS(=O)c1ccc(-c2cc3cc(-c4cnc(OC)c(NSF)c4)ccc3nc2N)cc1. The van der Waals surface area contributed by atoms with E-state index in [1.54, 1.807) is 12.3 Å². The van der Waals surface area contributed by atoms with Gasteiger partial charge in [-0.05, 0) is 47.5 Å². The third-order valence-electron chi connectivity index (χ3n) is 5.06. The van der Waals surface area contributed by atoms with Crippen LogP contribution in [0, 0.1) is 0 Å². The molecule has 0 aliphatic carbocycles. The largest absolute Gasteiger partial charge is 0.480 e. The molecule has 4 aromatic rings. The number of methoxy groups -OCH3 is 1. The highest BCUT2D eigenvalue weighted by Crippen LogP contribution is 2.34. The van der Waals surface area contributed by atoms with Crippen LogP contribution in [0.25, 0.3) is 33.2 Å². The number of nitrogens with one attached hydrogen (secondary N) is 1. The molecule has 0 aliphatic heterocycles. The van der Waals surface area contributed by atoms with E-state index in [0.29, 0.717) is 23.1 Å². The first-order valence-corrected chi connectivity index (χ1v) is 11.8. The van der Waals surface area contributed by atoms with Crippen LogP contribution < -0.4 is 15.2 Å². The number of anilines is 2. The van der Waals surface area contributed by atoms with Gasteiger partial charge >= 0.3 is 0 Å². The molecule has 2 aromatic carbocycles. The van der Waals surface area contributed by atoms with Crippen LogP contribution in [-0.2, 0) is 10.8 Å². The van der Waals surface area contributed by atoms with Gasteiger partial charge in [-0.2, -0.15) is 0 Å². The van der Waals surface area contributed by atoms with E-state index in [2.05, 4.69) is 14.7 Å². The highest BCUT2D eigenvalue weighted by atomic mass is 32.2. The number of rotatable bonds is 7. The normalized spacial score (nSPS) is 12.0. The zero-order valence-electron chi connectivity index (χ0n) is 17.5. The molecule has 0 radical (unpaired) electrons. The lowest BCUT2D eigenvalue weighted by Crippen LogP contribution is -1.97. The van der Waals surface area contributed by atoms with Crippen molar-refractivity contribution in [3.05, 3.63) is 60.8 Å². The van der Waals surface area contributed by atoms with Gasteiger partial charge in [0.2, 0.25) is 5.88 Å². The van der Waals surface area contributed by atoms with Crippen LogP contribution in [0.1, 0.15) is 6.92 Å². The number of ether oxygens (including phenoxy) is 1. The van der Waals surface area contributed by atoms with Crippen molar-refractivity contribution in [2.24, 2.45) is 0 Å². The molecule has 0 fully saturated rings. The van der Waals surface area contributed by atoms with Crippen LogP contribution >= 0.6 is 12.3 Å². The second kappa shape index (κ2) is 9.54. The van der Waals surface area contributed by atoms with E-state index in [1.165, 1.54) is 7.11 Å². The summed E-state index contributed by atoms with van der Waals surface area (Å²) >= 11 is -0.0170. The zero-order valence-corrected chi connectivity index (χ0v) is 19.1. The number of hydrogen-bond acceptors (Lipinski definition) is 7. The molecule has 0 spiro atoms. The molecule has 32 heavy (non-hydrogen) atoms. The number of hydrogen-bond donors (Lipinski definition) is 2. The molecule has 0 bridgehead atoms. The molecule has 2 heterocycles. The molecule has 0 aliphatic rings. The van der Waals surface area contributed by atoms with Crippen molar-refractivity contribution >= 4 is 45.5 Å². The van der Waals surface area contributed by atoms with Gasteiger partial charge in [0, 0.05) is 33.4 Å². The van der Waals surface area contributed by atoms with Crippen LogP contribution in [0.5, 0.6) is 5.88 Å². The maximum absolute atomic E-state index is 12.8. The number of nitrogen functional groups attached to an aromatic ring is 1. The topological polar surface area (TPSA) is 90.1 Å². The lowest BCUT2D eigenvalue weighted by atomic mass is 10.0. The fourth-order valence-electron chi connectivity index (χ4n) is 3.44. The Labute approximate surface area is 192 Å². The summed E-state index contributed by atoms with van der Waals surface area (Å²) in [6.45, 7) is 1.89. The summed E-state index contributed by atoms with van der Waals surface area (Å²) in [6.07, 6.45) is 1.67. The van der Waals surface area contributed by atoms with Gasteiger partial charge in [-0.3, -0.25) is 8.93 Å². The fraction of sp³-hybridized carbons (Fsp3) is 0.130. The number of nitrogens with two attached hydrogens (primary N) is 1. The second-order valence-electron chi connectivity index (χ2n) is 6.95. The quantitative estimate of drug-likeness (QED) is 0.340. The summed E-state index contributed by atoms with van der Waals surface area (Å²) in [5, 5.41) is 0.901. The first kappa shape index (κ1) is 22.0. The molecule has 164 valence electrons. The number of fused-ring (bicyclic) bond motifs is 1. The predicted molar refractivity (Wildman–Crippen MR) is 131 cm³/mol. The Hall–Kier alpha value is -3.17. The molecule has 1 unspecified atom stereocenters. The molecule has 0 saturated carbocycles. The summed E-state index contributed by atoms with van der Waals surface area (Å²) in [6, 6.07) is 17.1. The van der Waals surface area contributed by atoms with E-state index in [4.69, 9.17) is 10.5 Å². The summed E-state index contributed by atoms with van der Waals surface area (Å²) < 4.78 is 32.5. The molecule has 1 atom stereocenters. The fourth-order valence-corrected chi connectivity index (χ4v) is 4.44. The first-order chi connectivity index (χ1) is 15.5. The lowest BCUT2D eigenvalue weighted by molar-refractivity contribution is 0.400. The van der Waals surface area contributed by atoms with Crippen molar-refractivity contribution in [1.82, 2.24) is 9.97 Å². The molecular weight excluding hydrogens is 447 g/mol. The Balaban J connectivity index is 1.75. The van der Waals surface area contributed by atoms with E-state index in [1.807, 2.05) is 55.5 Å². The number of nitrogens with zero attached hydrogens (tertiary/aromatic N) is 2. The number of pyridine rings is 2. The van der Waals surface area contributed by atoms with E-state index in [-0.39, 0.29) is 12.3 Å². The maximum atomic E-state index is 12.8. The molecule has 0 saturated heterocycles. The van der Waals surface area contributed by atoms with Gasteiger partial charge in [-0.25, -0.2) is 9.97 Å². The third kappa shape index (κ3) is 4.39. The van der Waals surface area contributed by atoms with Crippen molar-refractivity contribution in [1.29, 1.82) is 0 Å². The molecule has 9 heteroatoms. The monoisotopic (exact) mass is 468 g/mol. The van der Waals surface area contributed by atoms with Crippen molar-refractivity contribution in [2.45, 2.75) is 11.8 Å². The second-order valence-corrected chi connectivity index (χ2v) is 9.05. The Morgan fingerprint density at radius 2 is 1.84 bits per heavy atom. The number of halogens is 1. The molecular formula is C23H21FN4O2S2. The molecule has 0 amide bonds. The van der Waals surface area contributed by atoms with Crippen LogP contribution in [0.3, 0.4) is 0 Å². The van der Waals surface area contributed by atoms with Crippen LogP contribution in [0.4, 0.5) is 15.4 Å². The third-order valence-corrected chi connectivity index (χ3v) is 6.68. The minimum atomic E-state index is -1.00. The van der Waals surface area contributed by atoms with Crippen LogP contribution in [0.15, 0.2) is 65.7 Å². The molecule has 4 rings (SSSR count). The Morgan fingerprint density at radius 1 is 1.09 bits per heavy atom. The number of aromatic nitrogens is 2. The zero-order chi connectivity index (χ0) is 22.7. The Bertz CT molecular complexity index is 1300. The maximum Gasteiger partial charge on any atom is 0.238 e. The van der Waals surface area contributed by atoms with Gasteiger partial charge in [0.25, 0.3) is 0 Å². The highest BCUT2D eigenvalue weighted by molar-refractivity contribution is 7.95. The summed E-state index contributed by atoms with van der Waals surface area (Å²) in [7, 11) is 0.477. The van der Waals surface area contributed by atoms with Crippen LogP contribution in [-0.4, -0.2) is 27.0 Å². The highest BCUT2D eigenvalue weighted by Gasteiger charge is 2.11. The summed E-state index contributed by atoms with van der Waals surface area (Å²) in [4.78, 5) is 9.59. The van der Waals surface area contributed by atoms with E-state index in [0.717, 1.165) is 38.1 Å². The van der Waals surface area contributed by atoms with Gasteiger partial charge in [0.1, 0.15) is 11.5 Å². The average Bonchev–Trinajstić information content (AvgIpc) is 2.83. The van der Waals surface area contributed by atoms with Crippen molar-refractivity contribution < 1.29 is 12.8 Å². The van der Waals surface area contributed by atoms with Crippen molar-refractivity contribution in [3.63, 3.8) is 0 Å². The Kier molecular flexibility index (Phi) is 6.57. The Morgan fingerprint density at radius 3 is 2.53 bits per heavy atom. The van der Waals surface area contributed by atoms with Gasteiger partial charge in [0.05, 0.1) is 23.4 Å². The predicted octanol–water partition coefficient (Wildman–Crippen LogP) is 5.63. The van der Waals surface area contributed by atoms with Gasteiger partial charge in [-0.15, -0.1) is 3.89 Å². The smallest absolute Gasteiger partial charge is 0.238 e. The standard InChI is InChI=1S/C23H21FN4O2S2/c1-3-32(29)18-7-4-14(5-8-18)19-11-16-10-15(6-9-20(16)27-22(19)25)17-12-21(28-31-24)23(30-2)26-13-17/h4-13,28H,3H2,1-2H3,(H2,25,27). The lowest BCUT2D eigenvalue weighted by Gasteiger charge is -2.11. The van der Waals surface area contributed by atoms with Gasteiger partial charge < -0.3 is 10.5 Å². The first-order valence-electron chi connectivity index (χ1n) is 9.81. The molecule has 2 aromatic heterocycles. The summed E-state index contributed by atoms with van der Waals surface area (Å²) in [5.74, 6) is 1.31.